The van der Waals surface area contributed by atoms with Crippen LogP contribution in [-0.2, 0) is 0 Å². The molecule has 0 spiro atoms. The highest BCUT2D eigenvalue weighted by molar-refractivity contribution is 5.56. The van der Waals surface area contributed by atoms with Crippen LogP contribution in [-0.4, -0.2) is 0 Å². The van der Waals surface area contributed by atoms with Crippen molar-refractivity contribution >= 4 is 0 Å². The Bertz CT molecular complexity index is 432. The van der Waals surface area contributed by atoms with Gasteiger partial charge in [0.15, 0.2) is 0 Å². The smallest absolute Gasteiger partial charge is 0.212 e. The first-order valence-corrected chi connectivity index (χ1v) is 5.26. The third kappa shape index (κ3) is 2.24. The van der Waals surface area contributed by atoms with Crippen molar-refractivity contribution in [3.05, 3.63) is 54.3 Å². The summed E-state index contributed by atoms with van der Waals surface area (Å²) in [6, 6.07) is 16.2. The average molecular weight is 199 g/mol. The quantitative estimate of drug-likeness (QED) is 0.654. The third-order valence-electron chi connectivity index (χ3n) is 2.36. The molecule has 0 saturated carbocycles. The summed E-state index contributed by atoms with van der Waals surface area (Å²) >= 11 is 0. The van der Waals surface area contributed by atoms with Crippen LogP contribution in [0.3, 0.4) is 0 Å². The Labute approximate surface area is 90.4 Å². The first-order valence-electron chi connectivity index (χ1n) is 5.26. The summed E-state index contributed by atoms with van der Waals surface area (Å²) in [5.41, 5.74) is 1.12. The predicted molar refractivity (Wildman–Crippen MR) is 62.6 cm³/mol. The van der Waals surface area contributed by atoms with E-state index in [1.165, 1.54) is 0 Å². The van der Waals surface area contributed by atoms with E-state index in [1.807, 2.05) is 36.4 Å². The first kappa shape index (κ1) is 9.91. The number of hydrogen-bond donors (Lipinski definition) is 0. The molecule has 0 radical (unpaired) electrons. The fraction of sp³-hybridized carbons (Fsp3) is 0.214. The Morgan fingerprint density at radius 3 is 2.27 bits per heavy atom. The van der Waals surface area contributed by atoms with Gasteiger partial charge in [-0.2, -0.15) is 0 Å². The largest absolute Gasteiger partial charge is 0.360 e. The lowest BCUT2D eigenvalue weighted by atomic mass is 10.1. The SMILES string of the molecule is CC(C)c1cccc(-c2ccccc2)[o+]1. The van der Waals surface area contributed by atoms with E-state index in [4.69, 9.17) is 4.42 Å². The summed E-state index contributed by atoms with van der Waals surface area (Å²) in [5, 5.41) is 0. The van der Waals surface area contributed by atoms with Crippen molar-refractivity contribution in [2.24, 2.45) is 0 Å². The zero-order chi connectivity index (χ0) is 10.7. The van der Waals surface area contributed by atoms with Gasteiger partial charge in [0.05, 0.1) is 11.5 Å². The van der Waals surface area contributed by atoms with Crippen LogP contribution in [0.25, 0.3) is 11.3 Å². The van der Waals surface area contributed by atoms with E-state index < -0.39 is 0 Å². The standard InChI is InChI=1S/C14H15O/c1-11(2)13-9-6-10-14(15-13)12-7-4-3-5-8-12/h3-11H,1-2H3/q+1. The topological polar surface area (TPSA) is 11.3 Å². The van der Waals surface area contributed by atoms with Crippen molar-refractivity contribution in [2.45, 2.75) is 19.8 Å². The fourth-order valence-corrected chi connectivity index (χ4v) is 1.49. The molecule has 0 fully saturated rings. The van der Waals surface area contributed by atoms with Gasteiger partial charge in [-0.3, -0.25) is 0 Å². The van der Waals surface area contributed by atoms with Gasteiger partial charge in [-0.1, -0.05) is 32.0 Å². The maximum Gasteiger partial charge on any atom is 0.360 e. The molecular formula is C14H15O+. The summed E-state index contributed by atoms with van der Waals surface area (Å²) in [5.74, 6) is 2.38. The number of rotatable bonds is 2. The van der Waals surface area contributed by atoms with E-state index in [0.29, 0.717) is 5.92 Å². The average Bonchev–Trinajstić information content (AvgIpc) is 2.30. The van der Waals surface area contributed by atoms with Crippen LogP contribution in [0.2, 0.25) is 0 Å². The van der Waals surface area contributed by atoms with Crippen molar-refractivity contribution in [3.8, 4) is 11.3 Å². The van der Waals surface area contributed by atoms with Crippen LogP contribution in [0.15, 0.2) is 52.9 Å². The van der Waals surface area contributed by atoms with Crippen molar-refractivity contribution in [1.82, 2.24) is 0 Å². The Hall–Kier alpha value is -1.63. The maximum atomic E-state index is 5.82. The van der Waals surface area contributed by atoms with Crippen LogP contribution in [0.1, 0.15) is 25.5 Å². The van der Waals surface area contributed by atoms with Crippen LogP contribution < -0.4 is 0 Å². The predicted octanol–water partition coefficient (Wildman–Crippen LogP) is 4.35. The van der Waals surface area contributed by atoms with E-state index in [2.05, 4.69) is 26.0 Å². The van der Waals surface area contributed by atoms with Gasteiger partial charge >= 0.3 is 11.5 Å². The lowest BCUT2D eigenvalue weighted by Crippen LogP contribution is -1.87. The zero-order valence-electron chi connectivity index (χ0n) is 9.10. The minimum atomic E-state index is 0.425. The molecule has 1 heteroatoms. The van der Waals surface area contributed by atoms with Crippen molar-refractivity contribution in [3.63, 3.8) is 0 Å². The molecule has 0 saturated heterocycles. The van der Waals surface area contributed by atoms with Crippen molar-refractivity contribution in [1.29, 1.82) is 0 Å². The van der Waals surface area contributed by atoms with Crippen molar-refractivity contribution < 1.29 is 4.42 Å². The molecule has 76 valence electrons. The summed E-state index contributed by atoms with van der Waals surface area (Å²) < 4.78 is 5.82. The zero-order valence-corrected chi connectivity index (χ0v) is 9.10. The molecule has 0 aliphatic rings. The second kappa shape index (κ2) is 4.26. The molecule has 0 amide bonds. The Morgan fingerprint density at radius 2 is 1.60 bits per heavy atom. The van der Waals surface area contributed by atoms with E-state index >= 15 is 0 Å². The molecule has 0 bridgehead atoms. The highest BCUT2D eigenvalue weighted by Crippen LogP contribution is 2.23. The second-order valence-electron chi connectivity index (χ2n) is 3.92. The molecule has 2 rings (SSSR count). The van der Waals surface area contributed by atoms with Gasteiger partial charge in [-0.25, -0.2) is 4.42 Å². The van der Waals surface area contributed by atoms with E-state index in [1.54, 1.807) is 0 Å². The number of benzene rings is 1. The molecule has 0 atom stereocenters. The van der Waals surface area contributed by atoms with Gasteiger partial charge in [-0.05, 0) is 18.2 Å². The Balaban J connectivity index is 2.42. The summed E-state index contributed by atoms with van der Waals surface area (Å²) in [6.45, 7) is 4.27. The molecule has 0 unspecified atom stereocenters. The monoisotopic (exact) mass is 199 g/mol. The minimum Gasteiger partial charge on any atom is -0.212 e. The lowest BCUT2D eigenvalue weighted by Gasteiger charge is -1.95. The summed E-state index contributed by atoms with van der Waals surface area (Å²) in [6.07, 6.45) is 0. The normalized spacial score (nSPS) is 10.6. The van der Waals surface area contributed by atoms with Gasteiger partial charge in [-0.15, -0.1) is 0 Å². The molecule has 1 aromatic heterocycles. The Kier molecular flexibility index (Phi) is 2.82. The molecule has 0 aliphatic carbocycles. The van der Waals surface area contributed by atoms with E-state index in [-0.39, 0.29) is 0 Å². The molecular weight excluding hydrogens is 184 g/mol. The molecule has 1 heterocycles. The summed E-state index contributed by atoms with van der Waals surface area (Å²) in [4.78, 5) is 0. The minimum absolute atomic E-state index is 0.425. The van der Waals surface area contributed by atoms with Crippen LogP contribution in [0, 0.1) is 0 Å². The van der Waals surface area contributed by atoms with Gasteiger partial charge in [0, 0.05) is 12.1 Å². The van der Waals surface area contributed by atoms with Gasteiger partial charge in [0.25, 0.3) is 0 Å². The molecule has 1 aromatic carbocycles. The molecule has 1 nitrogen and oxygen atoms in total. The highest BCUT2D eigenvalue weighted by atomic mass is 16.3. The molecule has 2 aromatic rings. The van der Waals surface area contributed by atoms with Gasteiger partial charge in [0.1, 0.15) is 0 Å². The number of hydrogen-bond acceptors (Lipinski definition) is 0. The van der Waals surface area contributed by atoms with Crippen LogP contribution in [0.4, 0.5) is 0 Å². The van der Waals surface area contributed by atoms with E-state index in [0.717, 1.165) is 17.1 Å². The first-order chi connectivity index (χ1) is 7.27. The van der Waals surface area contributed by atoms with Crippen LogP contribution >= 0.6 is 0 Å². The lowest BCUT2D eigenvalue weighted by molar-refractivity contribution is 0.483. The van der Waals surface area contributed by atoms with Gasteiger partial charge < -0.3 is 0 Å². The van der Waals surface area contributed by atoms with Crippen LogP contribution in [0.5, 0.6) is 0 Å². The molecule has 15 heavy (non-hydrogen) atoms. The van der Waals surface area contributed by atoms with Crippen molar-refractivity contribution in [2.75, 3.05) is 0 Å². The second-order valence-corrected chi connectivity index (χ2v) is 3.92. The Morgan fingerprint density at radius 1 is 0.867 bits per heavy atom. The van der Waals surface area contributed by atoms with E-state index in [9.17, 15) is 0 Å². The molecule has 0 aliphatic heterocycles. The summed E-state index contributed by atoms with van der Waals surface area (Å²) in [7, 11) is 0. The highest BCUT2D eigenvalue weighted by Gasteiger charge is 2.16. The van der Waals surface area contributed by atoms with Gasteiger partial charge in [0.2, 0.25) is 0 Å². The third-order valence-corrected chi connectivity index (χ3v) is 2.36. The molecule has 0 N–H and O–H groups in total. The maximum absolute atomic E-state index is 5.82. The fourth-order valence-electron chi connectivity index (χ4n) is 1.49.